The van der Waals surface area contributed by atoms with Gasteiger partial charge in [-0.1, -0.05) is 24.3 Å². The normalized spacial score (nSPS) is 10.9. The smallest absolute Gasteiger partial charge is 0.200 e. The molecule has 0 amide bonds. The molecule has 0 fully saturated rings. The number of carbonyl (C=O) groups excluding carboxylic acids is 1. The molecule has 0 saturated heterocycles. The van der Waals surface area contributed by atoms with Crippen LogP contribution in [0.5, 0.6) is 5.75 Å². The van der Waals surface area contributed by atoms with E-state index in [2.05, 4.69) is 0 Å². The molecule has 0 bridgehead atoms. The van der Waals surface area contributed by atoms with Crippen LogP contribution in [0.2, 0.25) is 0 Å². The summed E-state index contributed by atoms with van der Waals surface area (Å²) in [5, 5.41) is 0.539. The molecule has 0 aliphatic heterocycles. The van der Waals surface area contributed by atoms with Crippen LogP contribution in [0.3, 0.4) is 0 Å². The second kappa shape index (κ2) is 6.68. The number of methoxy groups -OCH3 is 1. The standard InChI is InChI=1S/C22H14F2O3/c1-26-14-11-9-13(10-12-14)22-19(15-5-2-3-8-18(15)27-22)21(25)16-6-4-7-17(23)20(16)24/h2-12H,1H3. The van der Waals surface area contributed by atoms with Crippen molar-refractivity contribution in [1.29, 1.82) is 0 Å². The number of furan rings is 1. The Morgan fingerprint density at radius 2 is 1.67 bits per heavy atom. The maximum Gasteiger partial charge on any atom is 0.200 e. The predicted octanol–water partition coefficient (Wildman–Crippen LogP) is 5.62. The zero-order chi connectivity index (χ0) is 19.0. The van der Waals surface area contributed by atoms with E-state index in [0.29, 0.717) is 28.0 Å². The average molecular weight is 364 g/mol. The molecule has 27 heavy (non-hydrogen) atoms. The number of fused-ring (bicyclic) bond motifs is 1. The highest BCUT2D eigenvalue weighted by Gasteiger charge is 2.26. The summed E-state index contributed by atoms with van der Waals surface area (Å²) >= 11 is 0. The van der Waals surface area contributed by atoms with Gasteiger partial charge >= 0.3 is 0 Å². The maximum absolute atomic E-state index is 14.2. The van der Waals surface area contributed by atoms with E-state index < -0.39 is 17.4 Å². The first-order chi connectivity index (χ1) is 13.1. The number of ether oxygens (including phenoxy) is 1. The average Bonchev–Trinajstić information content (AvgIpc) is 3.09. The SMILES string of the molecule is COc1ccc(-c2oc3ccccc3c2C(=O)c2cccc(F)c2F)cc1. The number of hydrogen-bond donors (Lipinski definition) is 0. The van der Waals surface area contributed by atoms with E-state index in [0.717, 1.165) is 6.07 Å². The molecule has 4 aromatic rings. The Labute approximate surface area is 153 Å². The lowest BCUT2D eigenvalue weighted by Gasteiger charge is -2.06. The van der Waals surface area contributed by atoms with Crippen molar-refractivity contribution in [3.8, 4) is 17.1 Å². The maximum atomic E-state index is 14.2. The van der Waals surface area contributed by atoms with Crippen molar-refractivity contribution >= 4 is 16.8 Å². The minimum absolute atomic E-state index is 0.195. The van der Waals surface area contributed by atoms with Gasteiger partial charge in [0, 0.05) is 10.9 Å². The summed E-state index contributed by atoms with van der Waals surface area (Å²) in [6, 6.07) is 17.5. The Hall–Kier alpha value is -3.47. The van der Waals surface area contributed by atoms with Gasteiger partial charge in [0.1, 0.15) is 17.1 Å². The van der Waals surface area contributed by atoms with Crippen molar-refractivity contribution < 1.29 is 22.7 Å². The summed E-state index contributed by atoms with van der Waals surface area (Å²) in [5.74, 6) is -1.93. The van der Waals surface area contributed by atoms with Crippen molar-refractivity contribution in [3.63, 3.8) is 0 Å². The molecule has 3 aromatic carbocycles. The van der Waals surface area contributed by atoms with E-state index in [1.54, 1.807) is 55.6 Å². The third-order valence-corrected chi connectivity index (χ3v) is 4.37. The number of benzene rings is 3. The van der Waals surface area contributed by atoms with Crippen molar-refractivity contribution in [1.82, 2.24) is 0 Å². The highest BCUT2D eigenvalue weighted by molar-refractivity contribution is 6.19. The van der Waals surface area contributed by atoms with Gasteiger partial charge in [-0.2, -0.15) is 0 Å². The van der Waals surface area contributed by atoms with Crippen LogP contribution in [0, 0.1) is 11.6 Å². The molecule has 0 N–H and O–H groups in total. The van der Waals surface area contributed by atoms with Crippen molar-refractivity contribution in [3.05, 3.63) is 89.5 Å². The lowest BCUT2D eigenvalue weighted by molar-refractivity contribution is 0.103. The van der Waals surface area contributed by atoms with Crippen LogP contribution in [-0.2, 0) is 0 Å². The lowest BCUT2D eigenvalue weighted by Crippen LogP contribution is -2.06. The van der Waals surface area contributed by atoms with Gasteiger partial charge in [-0.15, -0.1) is 0 Å². The number of halogens is 2. The summed E-state index contributed by atoms with van der Waals surface area (Å²) in [5.41, 5.74) is 0.979. The topological polar surface area (TPSA) is 39.4 Å². The molecule has 4 rings (SSSR count). The molecule has 1 aromatic heterocycles. The fraction of sp³-hybridized carbons (Fsp3) is 0.0455. The molecule has 0 aliphatic carbocycles. The zero-order valence-corrected chi connectivity index (χ0v) is 14.3. The molecule has 0 aliphatic rings. The first-order valence-corrected chi connectivity index (χ1v) is 8.25. The van der Waals surface area contributed by atoms with Gasteiger partial charge in [-0.3, -0.25) is 4.79 Å². The molecule has 0 radical (unpaired) electrons. The van der Waals surface area contributed by atoms with Crippen LogP contribution in [-0.4, -0.2) is 12.9 Å². The number of ketones is 1. The molecule has 1 heterocycles. The Morgan fingerprint density at radius 1 is 0.926 bits per heavy atom. The number of rotatable bonds is 4. The van der Waals surface area contributed by atoms with Crippen LogP contribution < -0.4 is 4.74 Å². The molecular formula is C22H14F2O3. The Morgan fingerprint density at radius 3 is 2.41 bits per heavy atom. The highest BCUT2D eigenvalue weighted by Crippen LogP contribution is 2.36. The van der Waals surface area contributed by atoms with E-state index >= 15 is 0 Å². The fourth-order valence-corrected chi connectivity index (χ4v) is 3.03. The molecule has 0 spiro atoms. The Balaban J connectivity index is 1.95. The van der Waals surface area contributed by atoms with Crippen molar-refractivity contribution in [2.24, 2.45) is 0 Å². The van der Waals surface area contributed by atoms with Crippen molar-refractivity contribution in [2.75, 3.05) is 7.11 Å². The minimum Gasteiger partial charge on any atom is -0.497 e. The quantitative estimate of drug-likeness (QED) is 0.441. The summed E-state index contributed by atoms with van der Waals surface area (Å²) in [6.45, 7) is 0. The van der Waals surface area contributed by atoms with Crippen LogP contribution >= 0.6 is 0 Å². The molecule has 0 atom stereocenters. The van der Waals surface area contributed by atoms with Crippen LogP contribution in [0.25, 0.3) is 22.3 Å². The Bertz CT molecular complexity index is 1140. The van der Waals surface area contributed by atoms with Gasteiger partial charge < -0.3 is 9.15 Å². The number of hydrogen-bond acceptors (Lipinski definition) is 3. The monoisotopic (exact) mass is 364 g/mol. The van der Waals surface area contributed by atoms with Gasteiger partial charge in [0.05, 0.1) is 18.2 Å². The van der Waals surface area contributed by atoms with Crippen LogP contribution in [0.15, 0.2) is 71.1 Å². The first kappa shape index (κ1) is 17.0. The summed E-state index contributed by atoms with van der Waals surface area (Å²) < 4.78 is 38.9. The van der Waals surface area contributed by atoms with Gasteiger partial charge in [0.2, 0.25) is 5.78 Å². The van der Waals surface area contributed by atoms with Gasteiger partial charge in [-0.25, -0.2) is 8.78 Å². The highest BCUT2D eigenvalue weighted by atomic mass is 19.2. The van der Waals surface area contributed by atoms with Gasteiger partial charge in [0.15, 0.2) is 11.6 Å². The number of para-hydroxylation sites is 1. The minimum atomic E-state index is -1.17. The zero-order valence-electron chi connectivity index (χ0n) is 14.3. The van der Waals surface area contributed by atoms with Gasteiger partial charge in [0.25, 0.3) is 0 Å². The second-order valence-electron chi connectivity index (χ2n) is 5.96. The molecule has 0 unspecified atom stereocenters. The van der Waals surface area contributed by atoms with Crippen LogP contribution in [0.4, 0.5) is 8.78 Å². The molecule has 3 nitrogen and oxygen atoms in total. The molecular weight excluding hydrogens is 350 g/mol. The summed E-state index contributed by atoms with van der Waals surface area (Å²) in [4.78, 5) is 13.1. The van der Waals surface area contributed by atoms with Crippen LogP contribution in [0.1, 0.15) is 15.9 Å². The van der Waals surface area contributed by atoms with E-state index in [4.69, 9.17) is 9.15 Å². The predicted molar refractivity (Wildman–Crippen MR) is 98.0 cm³/mol. The van der Waals surface area contributed by atoms with E-state index in [9.17, 15) is 13.6 Å². The molecule has 0 saturated carbocycles. The first-order valence-electron chi connectivity index (χ1n) is 8.25. The third-order valence-electron chi connectivity index (χ3n) is 4.37. The fourth-order valence-electron chi connectivity index (χ4n) is 3.03. The summed E-state index contributed by atoms with van der Waals surface area (Å²) in [6.07, 6.45) is 0. The van der Waals surface area contributed by atoms with E-state index in [1.807, 2.05) is 0 Å². The third kappa shape index (κ3) is 2.87. The van der Waals surface area contributed by atoms with E-state index in [-0.39, 0.29) is 11.1 Å². The molecule has 5 heteroatoms. The van der Waals surface area contributed by atoms with Crippen molar-refractivity contribution in [2.45, 2.75) is 0 Å². The lowest BCUT2D eigenvalue weighted by atomic mass is 9.97. The van der Waals surface area contributed by atoms with E-state index in [1.165, 1.54) is 12.1 Å². The summed E-state index contributed by atoms with van der Waals surface area (Å²) in [7, 11) is 1.55. The Kier molecular flexibility index (Phi) is 4.20. The molecule has 134 valence electrons. The number of carbonyl (C=O) groups is 1. The van der Waals surface area contributed by atoms with Gasteiger partial charge in [-0.05, 0) is 42.5 Å². The second-order valence-corrected chi connectivity index (χ2v) is 5.96. The largest absolute Gasteiger partial charge is 0.497 e.